The van der Waals surface area contributed by atoms with Gasteiger partial charge in [0.25, 0.3) is 5.91 Å². The average molecular weight is 360 g/mol. The Morgan fingerprint density at radius 2 is 1.92 bits per heavy atom. The van der Waals surface area contributed by atoms with Crippen LogP contribution in [0, 0.1) is 0 Å². The van der Waals surface area contributed by atoms with Crippen LogP contribution in [-0.2, 0) is 6.54 Å². The average Bonchev–Trinajstić information content (AvgIpc) is 3.39. The normalized spacial score (nSPS) is 10.6. The van der Waals surface area contributed by atoms with Crippen molar-refractivity contribution in [2.24, 2.45) is 0 Å². The lowest BCUT2D eigenvalue weighted by molar-refractivity contribution is 0.0955. The Morgan fingerprint density at radius 1 is 1.04 bits per heavy atom. The first-order valence-corrected chi connectivity index (χ1v) is 9.06. The molecule has 0 unspecified atom stereocenters. The highest BCUT2D eigenvalue weighted by molar-refractivity contribution is 7.12. The molecule has 0 radical (unpaired) electrons. The van der Waals surface area contributed by atoms with Gasteiger partial charge in [0.15, 0.2) is 5.82 Å². The number of nitrogens with one attached hydrogen (secondary N) is 1. The molecule has 0 aliphatic heterocycles. The minimum atomic E-state index is -0.0888. The van der Waals surface area contributed by atoms with Crippen molar-refractivity contribution in [2.45, 2.75) is 6.54 Å². The molecule has 0 aliphatic rings. The van der Waals surface area contributed by atoms with Crippen LogP contribution in [0.15, 0.2) is 78.6 Å². The van der Waals surface area contributed by atoms with Crippen molar-refractivity contribution in [3.8, 4) is 16.9 Å². The second-order valence-electron chi connectivity index (χ2n) is 5.65. The van der Waals surface area contributed by atoms with Gasteiger partial charge in [0.1, 0.15) is 0 Å². The van der Waals surface area contributed by atoms with Crippen molar-refractivity contribution in [3.63, 3.8) is 0 Å². The summed E-state index contributed by atoms with van der Waals surface area (Å²) in [5.74, 6) is 0.626. The van der Waals surface area contributed by atoms with E-state index in [1.807, 2.05) is 66.2 Å². The summed E-state index contributed by atoms with van der Waals surface area (Å²) in [7, 11) is 0. The zero-order chi connectivity index (χ0) is 17.8. The molecule has 26 heavy (non-hydrogen) atoms. The second kappa shape index (κ2) is 7.33. The van der Waals surface area contributed by atoms with E-state index >= 15 is 0 Å². The molecule has 1 aromatic carbocycles. The smallest absolute Gasteiger partial charge is 0.262 e. The first-order chi connectivity index (χ1) is 12.8. The summed E-state index contributed by atoms with van der Waals surface area (Å²) in [5, 5.41) is 9.17. The van der Waals surface area contributed by atoms with Crippen LogP contribution < -0.4 is 5.32 Å². The van der Waals surface area contributed by atoms with Gasteiger partial charge in [-0.15, -0.1) is 11.3 Å². The lowest BCUT2D eigenvalue weighted by Crippen LogP contribution is -2.23. The fraction of sp³-hybridized carbons (Fsp3) is 0.0500. The summed E-state index contributed by atoms with van der Waals surface area (Å²) in [4.78, 5) is 17.8. The van der Waals surface area contributed by atoms with Crippen LogP contribution in [-0.4, -0.2) is 20.7 Å². The van der Waals surface area contributed by atoms with E-state index in [-0.39, 0.29) is 5.91 Å². The Balaban J connectivity index is 1.54. The fourth-order valence-corrected chi connectivity index (χ4v) is 3.59. The van der Waals surface area contributed by atoms with Crippen molar-refractivity contribution >= 4 is 17.2 Å². The van der Waals surface area contributed by atoms with Gasteiger partial charge >= 0.3 is 0 Å². The molecule has 0 saturated heterocycles. The van der Waals surface area contributed by atoms with Crippen LogP contribution in [0.1, 0.15) is 15.2 Å². The number of hydrogen-bond donors (Lipinski definition) is 1. The molecule has 6 heteroatoms. The molecule has 128 valence electrons. The number of carbonyl (C=O) groups is 1. The van der Waals surface area contributed by atoms with Crippen molar-refractivity contribution in [2.75, 3.05) is 0 Å². The molecular weight excluding hydrogens is 344 g/mol. The highest BCUT2D eigenvalue weighted by atomic mass is 32.1. The number of amides is 1. The van der Waals surface area contributed by atoms with Crippen LogP contribution in [0.25, 0.3) is 16.9 Å². The molecule has 4 rings (SSSR count). The zero-order valence-electron chi connectivity index (χ0n) is 13.9. The Labute approximate surface area is 155 Å². The van der Waals surface area contributed by atoms with Crippen molar-refractivity contribution in [1.82, 2.24) is 20.1 Å². The molecule has 1 amide bonds. The maximum Gasteiger partial charge on any atom is 0.262 e. The lowest BCUT2D eigenvalue weighted by Gasteiger charge is -2.10. The van der Waals surface area contributed by atoms with E-state index < -0.39 is 0 Å². The van der Waals surface area contributed by atoms with Gasteiger partial charge in [0.2, 0.25) is 0 Å². The number of hydrogen-bond acceptors (Lipinski definition) is 4. The second-order valence-corrected chi connectivity index (χ2v) is 6.56. The van der Waals surface area contributed by atoms with Crippen LogP contribution in [0.3, 0.4) is 0 Å². The van der Waals surface area contributed by atoms with Gasteiger partial charge in [0, 0.05) is 36.3 Å². The summed E-state index contributed by atoms with van der Waals surface area (Å²) >= 11 is 1.44. The van der Waals surface area contributed by atoms with Crippen LogP contribution in [0.5, 0.6) is 0 Å². The molecule has 0 spiro atoms. The fourth-order valence-electron chi connectivity index (χ4n) is 2.75. The van der Waals surface area contributed by atoms with E-state index in [1.54, 1.807) is 17.1 Å². The summed E-state index contributed by atoms with van der Waals surface area (Å²) in [6, 6.07) is 17.6. The minimum absolute atomic E-state index is 0.0888. The molecular formula is C20H16N4OS. The van der Waals surface area contributed by atoms with E-state index in [9.17, 15) is 4.79 Å². The highest BCUT2D eigenvalue weighted by Crippen LogP contribution is 2.28. The number of thiophene rings is 1. The summed E-state index contributed by atoms with van der Waals surface area (Å²) in [5.41, 5.74) is 2.89. The topological polar surface area (TPSA) is 59.8 Å². The quantitative estimate of drug-likeness (QED) is 0.587. The Hall–Kier alpha value is -3.25. The summed E-state index contributed by atoms with van der Waals surface area (Å²) in [6.07, 6.45) is 5.25. The summed E-state index contributed by atoms with van der Waals surface area (Å²) < 4.78 is 1.70. The van der Waals surface area contributed by atoms with Crippen molar-refractivity contribution in [3.05, 3.63) is 89.0 Å². The maximum absolute atomic E-state index is 12.7. The first-order valence-electron chi connectivity index (χ1n) is 8.18. The number of benzene rings is 1. The third-order valence-corrected chi connectivity index (χ3v) is 4.90. The SMILES string of the molecule is O=C(NCc1cccnc1-n1cccn1)c1sccc1-c1ccccc1. The zero-order valence-corrected chi connectivity index (χ0v) is 14.7. The van der Waals surface area contributed by atoms with E-state index in [0.717, 1.165) is 16.7 Å². The van der Waals surface area contributed by atoms with Gasteiger partial charge in [-0.25, -0.2) is 9.67 Å². The minimum Gasteiger partial charge on any atom is -0.347 e. The Bertz CT molecular complexity index is 1010. The third kappa shape index (κ3) is 3.27. The van der Waals surface area contributed by atoms with E-state index in [2.05, 4.69) is 15.4 Å². The van der Waals surface area contributed by atoms with Crippen molar-refractivity contribution < 1.29 is 4.79 Å². The molecule has 0 bridgehead atoms. The Kier molecular flexibility index (Phi) is 4.57. The number of pyridine rings is 1. The number of nitrogens with zero attached hydrogens (tertiary/aromatic N) is 3. The predicted octanol–water partition coefficient (Wildman–Crippen LogP) is 3.93. The highest BCUT2D eigenvalue weighted by Gasteiger charge is 2.15. The largest absolute Gasteiger partial charge is 0.347 e. The van der Waals surface area contributed by atoms with Gasteiger partial charge in [-0.2, -0.15) is 5.10 Å². The summed E-state index contributed by atoms with van der Waals surface area (Å²) in [6.45, 7) is 0.383. The van der Waals surface area contributed by atoms with Gasteiger partial charge < -0.3 is 5.32 Å². The molecule has 0 atom stereocenters. The third-order valence-electron chi connectivity index (χ3n) is 3.98. The van der Waals surface area contributed by atoms with Gasteiger partial charge in [-0.1, -0.05) is 36.4 Å². The van der Waals surface area contributed by atoms with E-state index in [4.69, 9.17) is 0 Å². The molecule has 0 saturated carbocycles. The molecule has 3 heterocycles. The predicted molar refractivity (Wildman–Crippen MR) is 102 cm³/mol. The van der Waals surface area contributed by atoms with Crippen LogP contribution in [0.2, 0.25) is 0 Å². The van der Waals surface area contributed by atoms with Crippen LogP contribution >= 0.6 is 11.3 Å². The number of aromatic nitrogens is 3. The van der Waals surface area contributed by atoms with Gasteiger partial charge in [-0.05, 0) is 29.1 Å². The molecule has 3 aromatic heterocycles. The monoisotopic (exact) mass is 360 g/mol. The van der Waals surface area contributed by atoms with Gasteiger partial charge in [0.05, 0.1) is 4.88 Å². The number of carbonyl (C=O) groups excluding carboxylic acids is 1. The lowest BCUT2D eigenvalue weighted by atomic mass is 10.1. The first kappa shape index (κ1) is 16.2. The van der Waals surface area contributed by atoms with E-state index in [1.165, 1.54) is 11.3 Å². The van der Waals surface area contributed by atoms with Crippen LogP contribution in [0.4, 0.5) is 0 Å². The van der Waals surface area contributed by atoms with Gasteiger partial charge in [-0.3, -0.25) is 4.79 Å². The number of rotatable bonds is 5. The molecule has 0 aliphatic carbocycles. The molecule has 0 fully saturated rings. The molecule has 5 nitrogen and oxygen atoms in total. The van der Waals surface area contributed by atoms with Crippen molar-refractivity contribution in [1.29, 1.82) is 0 Å². The standard InChI is InChI=1S/C20H16N4OS/c25-20(18-17(9-13-26-18)15-6-2-1-3-7-15)22-14-16-8-4-10-21-19(16)24-12-5-11-23-24/h1-13H,14H2,(H,22,25). The Morgan fingerprint density at radius 3 is 2.73 bits per heavy atom. The van der Waals surface area contributed by atoms with E-state index in [0.29, 0.717) is 17.2 Å². The maximum atomic E-state index is 12.7. The molecule has 1 N–H and O–H groups in total. The molecule has 4 aromatic rings.